The molecule has 3 unspecified atom stereocenters. The molecule has 20 heavy (non-hydrogen) atoms. The van der Waals surface area contributed by atoms with Gasteiger partial charge in [0.2, 0.25) is 0 Å². The SMILES string of the molecule is CCOc1cccc2c1OC1CCCC3CNCCC231. The van der Waals surface area contributed by atoms with Gasteiger partial charge in [0.25, 0.3) is 0 Å². The van der Waals surface area contributed by atoms with Gasteiger partial charge >= 0.3 is 0 Å². The van der Waals surface area contributed by atoms with Crippen LogP contribution in [0.1, 0.15) is 38.2 Å². The lowest BCUT2D eigenvalue weighted by Gasteiger charge is -2.48. The minimum absolute atomic E-state index is 0.242. The van der Waals surface area contributed by atoms with Gasteiger partial charge in [-0.3, -0.25) is 0 Å². The van der Waals surface area contributed by atoms with E-state index in [0.717, 1.165) is 24.6 Å². The predicted molar refractivity (Wildman–Crippen MR) is 78.5 cm³/mol. The van der Waals surface area contributed by atoms with E-state index in [4.69, 9.17) is 9.47 Å². The Hall–Kier alpha value is -1.22. The number of fused-ring (bicyclic) bond motifs is 1. The van der Waals surface area contributed by atoms with Crippen LogP contribution in [0.5, 0.6) is 11.5 Å². The fourth-order valence-corrected chi connectivity index (χ4v) is 4.66. The van der Waals surface area contributed by atoms with E-state index in [1.807, 2.05) is 13.0 Å². The Labute approximate surface area is 120 Å². The molecule has 2 fully saturated rings. The summed E-state index contributed by atoms with van der Waals surface area (Å²) >= 11 is 0. The van der Waals surface area contributed by atoms with Gasteiger partial charge in [-0.15, -0.1) is 0 Å². The van der Waals surface area contributed by atoms with Crippen LogP contribution in [0.2, 0.25) is 0 Å². The smallest absolute Gasteiger partial charge is 0.165 e. The van der Waals surface area contributed by atoms with Crippen molar-refractivity contribution in [2.24, 2.45) is 5.92 Å². The maximum Gasteiger partial charge on any atom is 0.165 e. The van der Waals surface area contributed by atoms with Crippen LogP contribution in [0.15, 0.2) is 18.2 Å². The van der Waals surface area contributed by atoms with Crippen molar-refractivity contribution in [1.29, 1.82) is 0 Å². The molecule has 1 saturated heterocycles. The minimum atomic E-state index is 0.242. The number of nitrogens with one attached hydrogen (secondary N) is 1. The summed E-state index contributed by atoms with van der Waals surface area (Å²) < 4.78 is 12.2. The van der Waals surface area contributed by atoms with Crippen molar-refractivity contribution in [3.05, 3.63) is 23.8 Å². The highest BCUT2D eigenvalue weighted by atomic mass is 16.5. The van der Waals surface area contributed by atoms with E-state index in [9.17, 15) is 0 Å². The van der Waals surface area contributed by atoms with E-state index in [1.165, 1.54) is 31.2 Å². The van der Waals surface area contributed by atoms with Crippen LogP contribution >= 0.6 is 0 Å². The van der Waals surface area contributed by atoms with Crippen LogP contribution in [-0.4, -0.2) is 25.8 Å². The highest BCUT2D eigenvalue weighted by molar-refractivity contribution is 5.55. The third kappa shape index (κ3) is 1.56. The summed E-state index contributed by atoms with van der Waals surface area (Å²) in [5, 5.41) is 3.58. The van der Waals surface area contributed by atoms with E-state index in [2.05, 4.69) is 17.4 Å². The molecule has 0 amide bonds. The summed E-state index contributed by atoms with van der Waals surface area (Å²) in [6, 6.07) is 6.46. The molecule has 3 heteroatoms. The van der Waals surface area contributed by atoms with Crippen molar-refractivity contribution in [3.8, 4) is 11.5 Å². The lowest BCUT2D eigenvalue weighted by atomic mass is 9.59. The lowest BCUT2D eigenvalue weighted by molar-refractivity contribution is 0.0313. The van der Waals surface area contributed by atoms with Crippen molar-refractivity contribution in [2.75, 3.05) is 19.7 Å². The number of rotatable bonds is 2. The molecule has 3 atom stereocenters. The van der Waals surface area contributed by atoms with E-state index in [0.29, 0.717) is 18.6 Å². The first kappa shape index (κ1) is 12.5. The largest absolute Gasteiger partial charge is 0.490 e. The second kappa shape index (κ2) is 4.66. The number of piperidine rings is 1. The Morgan fingerprint density at radius 1 is 1.40 bits per heavy atom. The van der Waals surface area contributed by atoms with Crippen molar-refractivity contribution in [2.45, 2.75) is 44.1 Å². The van der Waals surface area contributed by atoms with Gasteiger partial charge in [0.1, 0.15) is 6.10 Å². The number of benzene rings is 1. The number of ether oxygens (including phenoxy) is 2. The van der Waals surface area contributed by atoms with Crippen LogP contribution in [0.4, 0.5) is 0 Å². The van der Waals surface area contributed by atoms with Crippen LogP contribution in [0, 0.1) is 5.92 Å². The topological polar surface area (TPSA) is 30.5 Å². The monoisotopic (exact) mass is 273 g/mol. The van der Waals surface area contributed by atoms with Crippen LogP contribution in [-0.2, 0) is 5.41 Å². The Bertz CT molecular complexity index is 514. The zero-order chi connectivity index (χ0) is 13.6. The molecular weight excluding hydrogens is 250 g/mol. The Balaban J connectivity index is 1.83. The van der Waals surface area contributed by atoms with E-state index >= 15 is 0 Å². The first-order valence-electron chi connectivity index (χ1n) is 8.00. The van der Waals surface area contributed by atoms with Gasteiger partial charge < -0.3 is 14.8 Å². The van der Waals surface area contributed by atoms with Crippen molar-refractivity contribution < 1.29 is 9.47 Å². The molecule has 108 valence electrons. The standard InChI is InChI=1S/C17H23NO2/c1-2-19-14-7-4-6-13-16(14)20-15-8-3-5-12-11-18-10-9-17(12,13)15/h4,6-7,12,15,18H,2-3,5,8-11H2,1H3. The Morgan fingerprint density at radius 3 is 3.25 bits per heavy atom. The van der Waals surface area contributed by atoms with Crippen molar-refractivity contribution in [3.63, 3.8) is 0 Å². The van der Waals surface area contributed by atoms with Crippen LogP contribution < -0.4 is 14.8 Å². The molecule has 2 heterocycles. The summed E-state index contributed by atoms with van der Waals surface area (Å²) in [6.07, 6.45) is 5.36. The van der Waals surface area contributed by atoms with Crippen LogP contribution in [0.25, 0.3) is 0 Å². The third-order valence-corrected chi connectivity index (χ3v) is 5.47. The number of para-hydroxylation sites is 1. The van der Waals surface area contributed by atoms with Gasteiger partial charge in [0, 0.05) is 11.0 Å². The number of hydrogen-bond acceptors (Lipinski definition) is 3. The zero-order valence-electron chi connectivity index (χ0n) is 12.2. The normalized spacial score (nSPS) is 34.6. The molecule has 1 spiro atoms. The molecule has 0 radical (unpaired) electrons. The molecule has 1 N–H and O–H groups in total. The van der Waals surface area contributed by atoms with Gasteiger partial charge in [-0.25, -0.2) is 0 Å². The quantitative estimate of drug-likeness (QED) is 0.899. The molecule has 0 aromatic heterocycles. The van der Waals surface area contributed by atoms with Gasteiger partial charge in [-0.1, -0.05) is 12.1 Å². The van der Waals surface area contributed by atoms with Crippen molar-refractivity contribution in [1.82, 2.24) is 5.32 Å². The summed E-state index contributed by atoms with van der Waals surface area (Å²) in [4.78, 5) is 0. The van der Waals surface area contributed by atoms with Crippen molar-refractivity contribution >= 4 is 0 Å². The number of hydrogen-bond donors (Lipinski definition) is 1. The fraction of sp³-hybridized carbons (Fsp3) is 0.647. The third-order valence-electron chi connectivity index (χ3n) is 5.47. The fourth-order valence-electron chi connectivity index (χ4n) is 4.66. The summed E-state index contributed by atoms with van der Waals surface area (Å²) in [7, 11) is 0. The molecule has 4 rings (SSSR count). The van der Waals surface area contributed by atoms with Gasteiger partial charge in [-0.05, 0) is 57.7 Å². The first-order valence-corrected chi connectivity index (χ1v) is 8.00. The molecule has 1 saturated carbocycles. The second-order valence-corrected chi connectivity index (χ2v) is 6.29. The zero-order valence-corrected chi connectivity index (χ0v) is 12.2. The summed E-state index contributed by atoms with van der Waals surface area (Å²) in [5.41, 5.74) is 1.66. The van der Waals surface area contributed by atoms with E-state index < -0.39 is 0 Å². The van der Waals surface area contributed by atoms with E-state index in [1.54, 1.807) is 0 Å². The highest BCUT2D eigenvalue weighted by Crippen LogP contribution is 2.57. The molecular formula is C17H23NO2. The molecule has 1 aromatic carbocycles. The van der Waals surface area contributed by atoms with Crippen LogP contribution in [0.3, 0.4) is 0 Å². The Morgan fingerprint density at radius 2 is 2.35 bits per heavy atom. The molecule has 0 bridgehead atoms. The molecule has 1 aliphatic carbocycles. The lowest BCUT2D eigenvalue weighted by Crippen LogP contribution is -2.55. The predicted octanol–water partition coefficient (Wildman–Crippen LogP) is 2.88. The average Bonchev–Trinajstić information content (AvgIpc) is 2.81. The van der Waals surface area contributed by atoms with Gasteiger partial charge in [0.05, 0.1) is 6.61 Å². The maximum atomic E-state index is 6.40. The summed E-state index contributed by atoms with van der Waals surface area (Å²) in [6.45, 7) is 4.97. The Kier molecular flexibility index (Phi) is 2.92. The maximum absolute atomic E-state index is 6.40. The first-order chi connectivity index (χ1) is 9.86. The van der Waals surface area contributed by atoms with Gasteiger partial charge in [0.15, 0.2) is 11.5 Å². The highest BCUT2D eigenvalue weighted by Gasteiger charge is 2.56. The second-order valence-electron chi connectivity index (χ2n) is 6.29. The van der Waals surface area contributed by atoms with E-state index in [-0.39, 0.29) is 5.41 Å². The van der Waals surface area contributed by atoms with Gasteiger partial charge in [-0.2, -0.15) is 0 Å². The minimum Gasteiger partial charge on any atom is -0.490 e. The molecule has 2 aliphatic heterocycles. The molecule has 3 nitrogen and oxygen atoms in total. The molecule has 1 aromatic rings. The average molecular weight is 273 g/mol. The summed E-state index contributed by atoms with van der Waals surface area (Å²) in [5.74, 6) is 2.69. The molecule has 3 aliphatic rings.